The summed E-state index contributed by atoms with van der Waals surface area (Å²) in [5, 5.41) is 5.35. The van der Waals surface area contributed by atoms with Crippen LogP contribution in [0, 0.1) is 11.8 Å². The number of nitrogens with zero attached hydrogens (tertiary/aromatic N) is 3. The van der Waals surface area contributed by atoms with Gasteiger partial charge in [0.2, 0.25) is 0 Å². The molecule has 2 atom stereocenters. The Morgan fingerprint density at radius 2 is 1.90 bits per heavy atom. The van der Waals surface area contributed by atoms with Crippen LogP contribution >= 0.6 is 0 Å². The summed E-state index contributed by atoms with van der Waals surface area (Å²) in [5.74, 6) is -0.676. The van der Waals surface area contributed by atoms with Gasteiger partial charge in [0, 0.05) is 32.2 Å². The highest BCUT2D eigenvalue weighted by Gasteiger charge is 2.38. The van der Waals surface area contributed by atoms with Crippen molar-refractivity contribution in [3.63, 3.8) is 0 Å². The first-order chi connectivity index (χ1) is 14.1. The van der Waals surface area contributed by atoms with Crippen LogP contribution < -0.4 is 4.90 Å². The largest absolute Gasteiger partial charge is 0.468 e. The lowest BCUT2D eigenvalue weighted by molar-refractivity contribution is -0.160. The molecule has 2 aliphatic heterocycles. The van der Waals surface area contributed by atoms with Crippen molar-refractivity contribution < 1.29 is 23.6 Å². The van der Waals surface area contributed by atoms with Gasteiger partial charge in [0.25, 0.3) is 0 Å². The summed E-state index contributed by atoms with van der Waals surface area (Å²) in [6.45, 7) is 3.57. The number of ether oxygens (including phenoxy) is 2. The fraction of sp³-hybridized carbons (Fsp3) is 0.571. The van der Waals surface area contributed by atoms with Gasteiger partial charge in [-0.2, -0.15) is 0 Å². The Balaban J connectivity index is 1.39. The number of piperidine rings is 1. The lowest BCUT2D eigenvalue weighted by Gasteiger charge is -2.46. The van der Waals surface area contributed by atoms with E-state index < -0.39 is 17.9 Å². The molecule has 0 bridgehead atoms. The van der Waals surface area contributed by atoms with Crippen LogP contribution in [0.2, 0.25) is 0 Å². The predicted molar refractivity (Wildman–Crippen MR) is 106 cm³/mol. The molecule has 4 rings (SSSR count). The number of rotatable bonds is 5. The molecule has 0 radical (unpaired) electrons. The number of piperazine rings is 1. The lowest BCUT2D eigenvalue weighted by Crippen LogP contribution is -2.57. The third-order valence-corrected chi connectivity index (χ3v) is 6.20. The number of carbonyl (C=O) groups excluding carboxylic acids is 2. The second kappa shape index (κ2) is 8.41. The van der Waals surface area contributed by atoms with E-state index in [1.165, 1.54) is 14.2 Å². The number of anilines is 1. The molecule has 2 aromatic rings. The van der Waals surface area contributed by atoms with Crippen LogP contribution in [0.15, 0.2) is 28.8 Å². The Hall–Kier alpha value is -2.61. The van der Waals surface area contributed by atoms with E-state index in [0.29, 0.717) is 12.5 Å². The van der Waals surface area contributed by atoms with E-state index >= 15 is 0 Å². The van der Waals surface area contributed by atoms with Gasteiger partial charge in [0.15, 0.2) is 17.3 Å². The number of carbonyl (C=O) groups is 2. The fourth-order valence-corrected chi connectivity index (χ4v) is 4.65. The second-order valence-electron chi connectivity index (χ2n) is 7.88. The first-order valence-corrected chi connectivity index (χ1v) is 10.1. The molecular formula is C21H27N3O5. The first-order valence-electron chi connectivity index (χ1n) is 10.1. The number of hydrogen-bond acceptors (Lipinski definition) is 8. The number of aromatic nitrogens is 1. The van der Waals surface area contributed by atoms with E-state index in [9.17, 15) is 9.59 Å². The maximum Gasteiger partial charge on any atom is 0.320 e. The van der Waals surface area contributed by atoms with E-state index in [4.69, 9.17) is 14.0 Å². The van der Waals surface area contributed by atoms with E-state index in [1.807, 2.05) is 24.3 Å². The average molecular weight is 401 g/mol. The molecule has 1 aromatic heterocycles. The molecule has 1 aromatic carbocycles. The van der Waals surface area contributed by atoms with Gasteiger partial charge in [-0.05, 0) is 37.3 Å². The van der Waals surface area contributed by atoms with Crippen molar-refractivity contribution in [2.75, 3.05) is 45.3 Å². The number of hydrogen-bond donors (Lipinski definition) is 0. The number of benzene rings is 1. The number of esters is 2. The van der Waals surface area contributed by atoms with Crippen LogP contribution in [0.1, 0.15) is 19.3 Å². The van der Waals surface area contributed by atoms with Crippen molar-refractivity contribution in [3.05, 3.63) is 24.3 Å². The van der Waals surface area contributed by atoms with Crippen molar-refractivity contribution in [2.45, 2.75) is 25.3 Å². The van der Waals surface area contributed by atoms with Gasteiger partial charge < -0.3 is 18.9 Å². The summed E-state index contributed by atoms with van der Waals surface area (Å²) in [6, 6.07) is 8.37. The average Bonchev–Trinajstić information content (AvgIpc) is 3.20. The van der Waals surface area contributed by atoms with Gasteiger partial charge in [-0.1, -0.05) is 17.3 Å². The van der Waals surface area contributed by atoms with Gasteiger partial charge in [-0.25, -0.2) is 0 Å². The summed E-state index contributed by atoms with van der Waals surface area (Å²) in [6.07, 6.45) is 2.46. The minimum Gasteiger partial charge on any atom is -0.468 e. The van der Waals surface area contributed by atoms with Crippen molar-refractivity contribution in [1.82, 2.24) is 10.1 Å². The van der Waals surface area contributed by atoms with Crippen LogP contribution in [-0.2, 0) is 19.1 Å². The molecule has 8 nitrogen and oxygen atoms in total. The van der Waals surface area contributed by atoms with Crippen LogP contribution in [0.3, 0.4) is 0 Å². The molecular weight excluding hydrogens is 374 g/mol. The van der Waals surface area contributed by atoms with E-state index in [1.54, 1.807) is 0 Å². The van der Waals surface area contributed by atoms with Crippen LogP contribution in [0.25, 0.3) is 11.0 Å². The smallest absolute Gasteiger partial charge is 0.320 e. The minimum atomic E-state index is -0.839. The van der Waals surface area contributed by atoms with E-state index in [-0.39, 0.29) is 5.92 Å². The van der Waals surface area contributed by atoms with Gasteiger partial charge in [-0.15, -0.1) is 0 Å². The van der Waals surface area contributed by atoms with Gasteiger partial charge in [-0.3, -0.25) is 14.5 Å². The zero-order valence-corrected chi connectivity index (χ0v) is 16.9. The summed E-state index contributed by atoms with van der Waals surface area (Å²) in [5.41, 5.74) is 0.810. The van der Waals surface area contributed by atoms with E-state index in [0.717, 1.165) is 55.8 Å². The van der Waals surface area contributed by atoms with Crippen LogP contribution in [-0.4, -0.2) is 68.4 Å². The standard InChI is InChI=1S/C21H27N3O5/c1-27-20(25)17(21(26)28-2)11-14-7-8-15-13-24(10-9-23(15)12-14)19-16-5-3-4-6-18(16)29-22-19/h3-6,14-15,17H,7-13H2,1-2H3/t14-,15+/m1/s1. The highest BCUT2D eigenvalue weighted by Crippen LogP contribution is 2.33. The van der Waals surface area contributed by atoms with E-state index in [2.05, 4.69) is 15.0 Å². The molecule has 0 aliphatic carbocycles. The maximum atomic E-state index is 12.0. The molecule has 2 saturated heterocycles. The minimum absolute atomic E-state index is 0.272. The molecule has 0 saturated carbocycles. The molecule has 0 unspecified atom stereocenters. The van der Waals surface area contributed by atoms with Gasteiger partial charge in [0.1, 0.15) is 0 Å². The zero-order chi connectivity index (χ0) is 20.4. The maximum absolute atomic E-state index is 12.0. The SMILES string of the molecule is COC(=O)C(C[C@H]1CC[C@H]2CN(c3noc4ccccc34)CCN2C1)C(=O)OC. The Morgan fingerprint density at radius 3 is 2.66 bits per heavy atom. The van der Waals surface area contributed by atoms with Crippen molar-refractivity contribution in [2.24, 2.45) is 11.8 Å². The number of methoxy groups -OCH3 is 2. The molecule has 2 fully saturated rings. The normalized spacial score (nSPS) is 22.5. The molecule has 156 valence electrons. The van der Waals surface area contributed by atoms with Gasteiger partial charge in [0.05, 0.1) is 19.6 Å². The summed E-state index contributed by atoms with van der Waals surface area (Å²) in [7, 11) is 2.62. The van der Waals surface area contributed by atoms with Crippen molar-refractivity contribution >= 4 is 28.7 Å². The topological polar surface area (TPSA) is 85.1 Å². The molecule has 0 N–H and O–H groups in total. The highest BCUT2D eigenvalue weighted by molar-refractivity contribution is 5.94. The number of para-hydroxylation sites is 1. The first kappa shape index (κ1) is 19.7. The second-order valence-corrected chi connectivity index (χ2v) is 7.88. The fourth-order valence-electron chi connectivity index (χ4n) is 4.65. The predicted octanol–water partition coefficient (Wildman–Crippen LogP) is 2.08. The molecule has 29 heavy (non-hydrogen) atoms. The van der Waals surface area contributed by atoms with Crippen LogP contribution in [0.4, 0.5) is 5.82 Å². The summed E-state index contributed by atoms with van der Waals surface area (Å²) in [4.78, 5) is 28.8. The molecule has 0 amide bonds. The summed E-state index contributed by atoms with van der Waals surface area (Å²) >= 11 is 0. The Labute approximate surface area is 169 Å². The Bertz CT molecular complexity index is 866. The highest BCUT2D eigenvalue weighted by atomic mass is 16.5. The Morgan fingerprint density at radius 1 is 1.14 bits per heavy atom. The third kappa shape index (κ3) is 3.94. The molecule has 3 heterocycles. The Kier molecular flexibility index (Phi) is 5.71. The number of fused-ring (bicyclic) bond motifs is 2. The molecule has 2 aliphatic rings. The van der Waals surface area contributed by atoms with Crippen molar-refractivity contribution in [3.8, 4) is 0 Å². The molecule has 0 spiro atoms. The lowest BCUT2D eigenvalue weighted by atomic mass is 9.84. The van der Waals surface area contributed by atoms with Gasteiger partial charge >= 0.3 is 11.9 Å². The third-order valence-electron chi connectivity index (χ3n) is 6.20. The quantitative estimate of drug-likeness (QED) is 0.556. The monoisotopic (exact) mass is 401 g/mol. The van der Waals surface area contributed by atoms with Crippen LogP contribution in [0.5, 0.6) is 0 Å². The summed E-state index contributed by atoms with van der Waals surface area (Å²) < 4.78 is 15.1. The van der Waals surface area contributed by atoms with Crippen molar-refractivity contribution in [1.29, 1.82) is 0 Å². The zero-order valence-electron chi connectivity index (χ0n) is 16.9. The molecule has 8 heteroatoms.